The molecule has 3 aromatic rings. The summed E-state index contributed by atoms with van der Waals surface area (Å²) in [4.78, 5) is 51.7. The lowest BCUT2D eigenvalue weighted by molar-refractivity contribution is 0.0812. The minimum absolute atomic E-state index is 0.245. The Balaban J connectivity index is 2.05. The second kappa shape index (κ2) is 7.65. The van der Waals surface area contributed by atoms with Gasteiger partial charge in [-0.1, -0.05) is 48.5 Å². The summed E-state index contributed by atoms with van der Waals surface area (Å²) < 4.78 is 1.02. The molecule has 136 valence electrons. The maximum Gasteiger partial charge on any atom is 0.330 e. The number of aryl methyl sites for hydroxylation is 1. The van der Waals surface area contributed by atoms with Gasteiger partial charge in [0.25, 0.3) is 11.5 Å². The van der Waals surface area contributed by atoms with Crippen LogP contribution >= 0.6 is 0 Å². The van der Waals surface area contributed by atoms with Crippen LogP contribution in [0, 0.1) is 6.92 Å². The fraction of sp³-hybridized carbons (Fsp3) is 0.100. The van der Waals surface area contributed by atoms with Gasteiger partial charge in [0.15, 0.2) is 6.17 Å². The number of ketones is 1. The summed E-state index contributed by atoms with van der Waals surface area (Å²) >= 11 is 0. The molecule has 3 rings (SSSR count). The molecular formula is C20H17N3O4. The molecule has 0 unspecified atom stereocenters. The third kappa shape index (κ3) is 3.92. The van der Waals surface area contributed by atoms with Gasteiger partial charge >= 0.3 is 5.69 Å². The van der Waals surface area contributed by atoms with Crippen LogP contribution in [0.2, 0.25) is 0 Å². The van der Waals surface area contributed by atoms with Crippen molar-refractivity contribution >= 4 is 11.7 Å². The molecule has 7 heteroatoms. The monoisotopic (exact) mass is 363 g/mol. The number of benzene rings is 2. The summed E-state index contributed by atoms with van der Waals surface area (Å²) in [5.41, 5.74) is -0.414. The molecule has 0 aliphatic rings. The molecule has 0 radical (unpaired) electrons. The van der Waals surface area contributed by atoms with E-state index in [1.54, 1.807) is 60.7 Å². The Kier molecular flexibility index (Phi) is 5.12. The zero-order valence-electron chi connectivity index (χ0n) is 14.5. The fourth-order valence-electron chi connectivity index (χ4n) is 2.60. The summed E-state index contributed by atoms with van der Waals surface area (Å²) in [7, 11) is 0. The standard InChI is InChI=1S/C20H17N3O4/c1-13-12-23(20(27)22-18(13)25)17(16(24)14-8-4-2-5-9-14)21-19(26)15-10-6-3-7-11-15/h2-12,17H,1H3,(H,21,26)(H,22,25,27)/t17-/m1/s1. The zero-order chi connectivity index (χ0) is 19.4. The van der Waals surface area contributed by atoms with Gasteiger partial charge in [-0.15, -0.1) is 0 Å². The van der Waals surface area contributed by atoms with E-state index in [2.05, 4.69) is 10.3 Å². The molecule has 1 atom stereocenters. The molecule has 1 aromatic heterocycles. The Hall–Kier alpha value is -3.74. The van der Waals surface area contributed by atoms with E-state index >= 15 is 0 Å². The fourth-order valence-corrected chi connectivity index (χ4v) is 2.60. The molecule has 0 fully saturated rings. The highest BCUT2D eigenvalue weighted by Gasteiger charge is 2.26. The average molecular weight is 363 g/mol. The van der Waals surface area contributed by atoms with E-state index < -0.39 is 29.1 Å². The first-order valence-corrected chi connectivity index (χ1v) is 8.24. The number of nitrogens with zero attached hydrogens (tertiary/aromatic N) is 1. The van der Waals surface area contributed by atoms with E-state index in [0.717, 1.165) is 4.57 Å². The van der Waals surface area contributed by atoms with E-state index in [1.165, 1.54) is 13.1 Å². The van der Waals surface area contributed by atoms with Crippen molar-refractivity contribution in [3.63, 3.8) is 0 Å². The van der Waals surface area contributed by atoms with Gasteiger partial charge in [-0.3, -0.25) is 23.9 Å². The topological polar surface area (TPSA) is 101 Å². The van der Waals surface area contributed by atoms with Gasteiger partial charge in [-0.25, -0.2) is 4.79 Å². The lowest BCUT2D eigenvalue weighted by atomic mass is 10.1. The normalized spacial score (nSPS) is 11.6. The predicted octanol–water partition coefficient (Wildman–Crippen LogP) is 1.66. The van der Waals surface area contributed by atoms with Crippen LogP contribution in [0.5, 0.6) is 0 Å². The lowest BCUT2D eigenvalue weighted by Gasteiger charge is -2.20. The molecule has 1 heterocycles. The van der Waals surface area contributed by atoms with Crippen LogP contribution in [-0.2, 0) is 0 Å². The number of nitrogens with one attached hydrogen (secondary N) is 2. The van der Waals surface area contributed by atoms with Crippen LogP contribution in [0.4, 0.5) is 0 Å². The number of hydrogen-bond donors (Lipinski definition) is 2. The zero-order valence-corrected chi connectivity index (χ0v) is 14.5. The summed E-state index contributed by atoms with van der Waals surface area (Å²) in [6.45, 7) is 1.51. The predicted molar refractivity (Wildman–Crippen MR) is 99.8 cm³/mol. The van der Waals surface area contributed by atoms with Crippen LogP contribution in [0.25, 0.3) is 0 Å². The van der Waals surface area contributed by atoms with Gasteiger partial charge in [0, 0.05) is 22.9 Å². The number of H-pyrrole nitrogens is 1. The number of carbonyl (C=O) groups excluding carboxylic acids is 2. The Bertz CT molecular complexity index is 1090. The Morgan fingerprint density at radius 3 is 2.07 bits per heavy atom. The second-order valence-electron chi connectivity index (χ2n) is 5.95. The van der Waals surface area contributed by atoms with Gasteiger partial charge < -0.3 is 5.32 Å². The molecule has 0 aliphatic carbocycles. The number of amides is 1. The smallest absolute Gasteiger partial charge is 0.325 e. The first-order valence-electron chi connectivity index (χ1n) is 8.24. The molecule has 1 amide bonds. The van der Waals surface area contributed by atoms with Gasteiger partial charge in [0.05, 0.1) is 0 Å². The number of rotatable bonds is 5. The number of carbonyl (C=O) groups is 2. The molecule has 2 N–H and O–H groups in total. The van der Waals surface area contributed by atoms with Gasteiger partial charge in [0.1, 0.15) is 0 Å². The molecule has 0 saturated carbocycles. The van der Waals surface area contributed by atoms with Crippen LogP contribution in [0.15, 0.2) is 76.4 Å². The Morgan fingerprint density at radius 1 is 0.926 bits per heavy atom. The molecule has 27 heavy (non-hydrogen) atoms. The van der Waals surface area contributed by atoms with E-state index in [1.807, 2.05) is 0 Å². The van der Waals surface area contributed by atoms with Gasteiger partial charge in [-0.05, 0) is 19.1 Å². The summed E-state index contributed by atoms with van der Waals surface area (Å²) in [5, 5.41) is 2.59. The SMILES string of the molecule is Cc1cn([C@@H](NC(=O)c2ccccc2)C(=O)c2ccccc2)c(=O)[nH]c1=O. The van der Waals surface area contributed by atoms with Crippen molar-refractivity contribution in [1.82, 2.24) is 14.9 Å². The molecule has 0 aliphatic heterocycles. The van der Waals surface area contributed by atoms with Crippen LogP contribution in [-0.4, -0.2) is 21.2 Å². The largest absolute Gasteiger partial charge is 0.330 e. The number of aromatic nitrogens is 2. The van der Waals surface area contributed by atoms with Crippen LogP contribution in [0.1, 0.15) is 32.4 Å². The quantitative estimate of drug-likeness (QED) is 0.673. The summed E-state index contributed by atoms with van der Waals surface area (Å²) in [5.74, 6) is -0.992. The molecule has 7 nitrogen and oxygen atoms in total. The first kappa shape index (κ1) is 18.1. The van der Waals surface area contributed by atoms with Crippen molar-refractivity contribution in [2.75, 3.05) is 0 Å². The molecule has 0 spiro atoms. The van der Waals surface area contributed by atoms with Crippen molar-refractivity contribution in [1.29, 1.82) is 0 Å². The number of Topliss-reactive ketones (excluding diaryl/α,β-unsaturated/α-hetero) is 1. The molecule has 2 aromatic carbocycles. The molecular weight excluding hydrogens is 346 g/mol. The molecule has 0 saturated heterocycles. The highest BCUT2D eigenvalue weighted by molar-refractivity contribution is 6.03. The first-order chi connectivity index (χ1) is 13.0. The van der Waals surface area contributed by atoms with E-state index in [9.17, 15) is 19.2 Å². The van der Waals surface area contributed by atoms with Crippen LogP contribution in [0.3, 0.4) is 0 Å². The van der Waals surface area contributed by atoms with Crippen molar-refractivity contribution in [3.8, 4) is 0 Å². The van der Waals surface area contributed by atoms with E-state index in [0.29, 0.717) is 11.1 Å². The summed E-state index contributed by atoms with van der Waals surface area (Å²) in [6, 6.07) is 16.7. The van der Waals surface area contributed by atoms with Crippen molar-refractivity contribution in [2.24, 2.45) is 0 Å². The Morgan fingerprint density at radius 2 is 1.48 bits per heavy atom. The van der Waals surface area contributed by atoms with Crippen molar-refractivity contribution in [2.45, 2.75) is 13.1 Å². The Labute approximate surface area is 154 Å². The maximum absolute atomic E-state index is 13.0. The van der Waals surface area contributed by atoms with E-state index in [4.69, 9.17) is 0 Å². The van der Waals surface area contributed by atoms with Crippen LogP contribution < -0.4 is 16.6 Å². The summed E-state index contributed by atoms with van der Waals surface area (Å²) in [6.07, 6.45) is -0.0408. The van der Waals surface area contributed by atoms with Crippen molar-refractivity contribution < 1.29 is 9.59 Å². The lowest BCUT2D eigenvalue weighted by Crippen LogP contribution is -2.44. The van der Waals surface area contributed by atoms with Gasteiger partial charge in [0.2, 0.25) is 5.78 Å². The minimum Gasteiger partial charge on any atom is -0.325 e. The third-order valence-electron chi connectivity index (χ3n) is 4.03. The van der Waals surface area contributed by atoms with Gasteiger partial charge in [-0.2, -0.15) is 0 Å². The van der Waals surface area contributed by atoms with Crippen molar-refractivity contribution in [3.05, 3.63) is 104 Å². The highest BCUT2D eigenvalue weighted by atomic mass is 16.2. The second-order valence-corrected chi connectivity index (χ2v) is 5.95. The molecule has 0 bridgehead atoms. The third-order valence-corrected chi connectivity index (χ3v) is 4.03. The average Bonchev–Trinajstić information content (AvgIpc) is 2.70. The van der Waals surface area contributed by atoms with E-state index in [-0.39, 0.29) is 5.56 Å². The minimum atomic E-state index is -1.30. The number of aromatic amines is 1. The highest BCUT2D eigenvalue weighted by Crippen LogP contribution is 2.12. The number of hydrogen-bond acceptors (Lipinski definition) is 4. The maximum atomic E-state index is 13.0.